The molecule has 1 aliphatic rings. The zero-order valence-electron chi connectivity index (χ0n) is 11.1. The van der Waals surface area contributed by atoms with Gasteiger partial charge < -0.3 is 10.4 Å². The van der Waals surface area contributed by atoms with Crippen LogP contribution >= 0.6 is 0 Å². The van der Waals surface area contributed by atoms with E-state index in [1.807, 2.05) is 13.8 Å². The second-order valence-corrected chi connectivity index (χ2v) is 6.05. The summed E-state index contributed by atoms with van der Waals surface area (Å²) in [6, 6.07) is 8.66. The maximum Gasteiger partial charge on any atom is 0.0631 e. The Hall–Kier alpha value is -0.860. The van der Waals surface area contributed by atoms with E-state index in [9.17, 15) is 5.11 Å². The summed E-state index contributed by atoms with van der Waals surface area (Å²) < 4.78 is 0. The molecule has 1 heterocycles. The maximum atomic E-state index is 9.79. The minimum atomic E-state index is -0.628. The van der Waals surface area contributed by atoms with Gasteiger partial charge in [0.05, 0.1) is 5.60 Å². The van der Waals surface area contributed by atoms with Crippen molar-refractivity contribution in [3.8, 4) is 0 Å². The SMILES string of the molecule is CC(C)(O)Cc1ccc(C2(C)CCCN2)cc1. The summed E-state index contributed by atoms with van der Waals surface area (Å²) in [5.74, 6) is 0. The van der Waals surface area contributed by atoms with Crippen molar-refractivity contribution in [2.24, 2.45) is 0 Å². The Morgan fingerprint density at radius 3 is 2.41 bits per heavy atom. The average Bonchev–Trinajstić information content (AvgIpc) is 2.65. The van der Waals surface area contributed by atoms with E-state index in [-0.39, 0.29) is 5.54 Å². The summed E-state index contributed by atoms with van der Waals surface area (Å²) in [5, 5.41) is 13.4. The summed E-state index contributed by atoms with van der Waals surface area (Å²) in [6.07, 6.45) is 3.16. The molecule has 0 aromatic heterocycles. The van der Waals surface area contributed by atoms with Gasteiger partial charge in [0.2, 0.25) is 0 Å². The predicted molar refractivity (Wildman–Crippen MR) is 71.0 cm³/mol. The monoisotopic (exact) mass is 233 g/mol. The number of nitrogens with one attached hydrogen (secondary N) is 1. The van der Waals surface area contributed by atoms with E-state index in [1.54, 1.807) is 0 Å². The molecular weight excluding hydrogens is 210 g/mol. The van der Waals surface area contributed by atoms with E-state index in [0.717, 1.165) is 6.54 Å². The second-order valence-electron chi connectivity index (χ2n) is 6.05. The maximum absolute atomic E-state index is 9.79. The average molecular weight is 233 g/mol. The number of aliphatic hydroxyl groups is 1. The van der Waals surface area contributed by atoms with E-state index >= 15 is 0 Å². The smallest absolute Gasteiger partial charge is 0.0631 e. The molecule has 0 radical (unpaired) electrons. The zero-order valence-corrected chi connectivity index (χ0v) is 11.1. The first-order chi connectivity index (χ1) is 7.89. The van der Waals surface area contributed by atoms with Crippen LogP contribution in [0.15, 0.2) is 24.3 Å². The van der Waals surface area contributed by atoms with E-state index < -0.39 is 5.60 Å². The topological polar surface area (TPSA) is 32.3 Å². The van der Waals surface area contributed by atoms with Crippen LogP contribution in [0.5, 0.6) is 0 Å². The Balaban J connectivity index is 2.13. The summed E-state index contributed by atoms with van der Waals surface area (Å²) in [7, 11) is 0. The minimum absolute atomic E-state index is 0.146. The van der Waals surface area contributed by atoms with Crippen LogP contribution in [0.1, 0.15) is 44.7 Å². The van der Waals surface area contributed by atoms with Gasteiger partial charge in [-0.3, -0.25) is 0 Å². The minimum Gasteiger partial charge on any atom is -0.390 e. The van der Waals surface area contributed by atoms with Gasteiger partial charge in [0.1, 0.15) is 0 Å². The van der Waals surface area contributed by atoms with Crippen LogP contribution in [0.25, 0.3) is 0 Å². The van der Waals surface area contributed by atoms with Crippen molar-refractivity contribution in [2.75, 3.05) is 6.54 Å². The third-order valence-electron chi connectivity index (χ3n) is 3.60. The van der Waals surface area contributed by atoms with Gasteiger partial charge in [-0.2, -0.15) is 0 Å². The molecule has 1 saturated heterocycles. The summed E-state index contributed by atoms with van der Waals surface area (Å²) >= 11 is 0. The van der Waals surface area contributed by atoms with Crippen molar-refractivity contribution in [3.63, 3.8) is 0 Å². The normalized spacial score (nSPS) is 25.2. The van der Waals surface area contributed by atoms with Gasteiger partial charge in [0.15, 0.2) is 0 Å². The summed E-state index contributed by atoms with van der Waals surface area (Å²) in [6.45, 7) is 7.08. The Labute approximate surface area is 104 Å². The van der Waals surface area contributed by atoms with Crippen LogP contribution in [0.2, 0.25) is 0 Å². The molecule has 1 unspecified atom stereocenters. The van der Waals surface area contributed by atoms with Crippen LogP contribution < -0.4 is 5.32 Å². The highest BCUT2D eigenvalue weighted by molar-refractivity contribution is 5.29. The fourth-order valence-corrected chi connectivity index (χ4v) is 2.63. The lowest BCUT2D eigenvalue weighted by Crippen LogP contribution is -2.33. The third-order valence-corrected chi connectivity index (χ3v) is 3.60. The van der Waals surface area contributed by atoms with E-state index in [4.69, 9.17) is 0 Å². The van der Waals surface area contributed by atoms with Gasteiger partial charge in [-0.1, -0.05) is 24.3 Å². The van der Waals surface area contributed by atoms with Crippen LogP contribution in [0.3, 0.4) is 0 Å². The fraction of sp³-hybridized carbons (Fsp3) is 0.600. The molecule has 2 N–H and O–H groups in total. The van der Waals surface area contributed by atoms with Crippen molar-refractivity contribution >= 4 is 0 Å². The third kappa shape index (κ3) is 3.08. The molecule has 2 heteroatoms. The molecule has 0 saturated carbocycles. The molecule has 1 aromatic rings. The lowest BCUT2D eigenvalue weighted by Gasteiger charge is -2.25. The van der Waals surface area contributed by atoms with E-state index in [0.29, 0.717) is 6.42 Å². The molecule has 94 valence electrons. The lowest BCUT2D eigenvalue weighted by molar-refractivity contribution is 0.0810. The van der Waals surface area contributed by atoms with Gasteiger partial charge in [0, 0.05) is 12.0 Å². The number of hydrogen-bond acceptors (Lipinski definition) is 2. The van der Waals surface area contributed by atoms with Gasteiger partial charge in [-0.05, 0) is 51.3 Å². The molecule has 1 fully saturated rings. The predicted octanol–water partition coefficient (Wildman–Crippen LogP) is 2.60. The Kier molecular flexibility index (Phi) is 3.28. The molecule has 0 spiro atoms. The highest BCUT2D eigenvalue weighted by Crippen LogP contribution is 2.30. The Morgan fingerprint density at radius 2 is 1.94 bits per heavy atom. The molecule has 2 nitrogen and oxygen atoms in total. The zero-order chi connectivity index (χ0) is 12.5. The first kappa shape index (κ1) is 12.6. The molecule has 0 amide bonds. The van der Waals surface area contributed by atoms with E-state index in [2.05, 4.69) is 36.5 Å². The number of rotatable bonds is 3. The Morgan fingerprint density at radius 1 is 1.29 bits per heavy atom. The summed E-state index contributed by atoms with van der Waals surface area (Å²) in [5.41, 5.74) is 2.07. The van der Waals surface area contributed by atoms with Crippen LogP contribution in [-0.2, 0) is 12.0 Å². The van der Waals surface area contributed by atoms with E-state index in [1.165, 1.54) is 24.0 Å². The fourth-order valence-electron chi connectivity index (χ4n) is 2.63. The lowest BCUT2D eigenvalue weighted by atomic mass is 9.89. The number of hydrogen-bond donors (Lipinski definition) is 2. The highest BCUT2D eigenvalue weighted by atomic mass is 16.3. The second kappa shape index (κ2) is 4.43. The molecule has 0 bridgehead atoms. The van der Waals surface area contributed by atoms with Crippen molar-refractivity contribution in [1.82, 2.24) is 5.32 Å². The highest BCUT2D eigenvalue weighted by Gasteiger charge is 2.29. The summed E-state index contributed by atoms with van der Waals surface area (Å²) in [4.78, 5) is 0. The van der Waals surface area contributed by atoms with Gasteiger partial charge in [-0.15, -0.1) is 0 Å². The molecule has 0 aliphatic carbocycles. The molecule has 1 atom stereocenters. The molecule has 2 rings (SSSR count). The van der Waals surface area contributed by atoms with Crippen molar-refractivity contribution in [1.29, 1.82) is 0 Å². The largest absolute Gasteiger partial charge is 0.390 e. The molecular formula is C15H23NO. The van der Waals surface area contributed by atoms with Gasteiger partial charge in [0.25, 0.3) is 0 Å². The molecule has 17 heavy (non-hydrogen) atoms. The molecule has 1 aromatic carbocycles. The molecule has 1 aliphatic heterocycles. The van der Waals surface area contributed by atoms with Crippen LogP contribution in [0.4, 0.5) is 0 Å². The van der Waals surface area contributed by atoms with Gasteiger partial charge >= 0.3 is 0 Å². The number of benzene rings is 1. The van der Waals surface area contributed by atoms with Crippen LogP contribution in [-0.4, -0.2) is 17.3 Å². The van der Waals surface area contributed by atoms with Crippen LogP contribution in [0, 0.1) is 0 Å². The quantitative estimate of drug-likeness (QED) is 0.841. The first-order valence-corrected chi connectivity index (χ1v) is 6.46. The van der Waals surface area contributed by atoms with Crippen molar-refractivity contribution < 1.29 is 5.11 Å². The standard InChI is InChI=1S/C15H23NO/c1-14(2,17)11-12-5-7-13(8-6-12)15(3)9-4-10-16-15/h5-8,16-17H,4,9-11H2,1-3H3. The van der Waals surface area contributed by atoms with Crippen molar-refractivity contribution in [3.05, 3.63) is 35.4 Å². The Bertz CT molecular complexity index is 369. The van der Waals surface area contributed by atoms with Crippen molar-refractivity contribution in [2.45, 2.75) is 51.2 Å². The first-order valence-electron chi connectivity index (χ1n) is 6.46. The van der Waals surface area contributed by atoms with Gasteiger partial charge in [-0.25, -0.2) is 0 Å².